The third kappa shape index (κ3) is 4.48. The van der Waals surface area contributed by atoms with Crippen LogP contribution >= 0.6 is 0 Å². The molecule has 182 valence electrons. The lowest BCUT2D eigenvalue weighted by atomic mass is 9.73. The summed E-state index contributed by atoms with van der Waals surface area (Å²) in [5.41, 5.74) is -1.67. The first kappa shape index (κ1) is 24.1. The summed E-state index contributed by atoms with van der Waals surface area (Å²) < 4.78 is 71.4. The number of rotatable bonds is 6. The molecule has 1 fully saturated rings. The number of hydrogen-bond donors (Lipinski definition) is 1. The first-order chi connectivity index (χ1) is 16.0. The number of benzene rings is 1. The molecule has 11 heteroatoms. The summed E-state index contributed by atoms with van der Waals surface area (Å²) in [5, 5.41) is 2.78. The van der Waals surface area contributed by atoms with Gasteiger partial charge in [-0.05, 0) is 49.7 Å². The molecule has 1 aromatic heterocycles. The molecule has 2 aliphatic rings. The van der Waals surface area contributed by atoms with Crippen molar-refractivity contribution in [2.24, 2.45) is 0 Å². The molecule has 0 atom stereocenters. The van der Waals surface area contributed by atoms with Crippen LogP contribution in [0.2, 0.25) is 0 Å². The van der Waals surface area contributed by atoms with E-state index in [0.717, 1.165) is 19.2 Å². The maximum absolute atomic E-state index is 13.2. The molecule has 0 saturated carbocycles. The van der Waals surface area contributed by atoms with Crippen molar-refractivity contribution in [1.29, 1.82) is 0 Å². The second-order valence-corrected chi connectivity index (χ2v) is 8.45. The molecule has 0 bridgehead atoms. The number of fused-ring (bicyclic) bond motifs is 2. The average molecular weight is 483 g/mol. The van der Waals surface area contributed by atoms with Gasteiger partial charge in [0.25, 0.3) is 6.43 Å². The summed E-state index contributed by atoms with van der Waals surface area (Å²) in [7, 11) is 0. The molecule has 2 aromatic rings. The minimum Gasteiger partial charge on any atom is -0.491 e. The van der Waals surface area contributed by atoms with Crippen molar-refractivity contribution < 1.29 is 36.3 Å². The van der Waals surface area contributed by atoms with Gasteiger partial charge in [-0.2, -0.15) is 13.2 Å². The van der Waals surface area contributed by atoms with Gasteiger partial charge in [-0.25, -0.2) is 13.8 Å². The molecule has 0 radical (unpaired) electrons. The highest BCUT2D eigenvalue weighted by Gasteiger charge is 2.48. The van der Waals surface area contributed by atoms with Crippen LogP contribution in [0.5, 0.6) is 5.75 Å². The molecule has 1 N–H and O–H groups in total. The van der Waals surface area contributed by atoms with Crippen LogP contribution < -0.4 is 10.1 Å². The van der Waals surface area contributed by atoms with Crippen LogP contribution in [0, 0.1) is 0 Å². The Morgan fingerprint density at radius 3 is 2.56 bits per heavy atom. The van der Waals surface area contributed by atoms with Crippen molar-refractivity contribution >= 4 is 17.4 Å². The van der Waals surface area contributed by atoms with Crippen molar-refractivity contribution in [2.75, 3.05) is 31.6 Å². The Balaban J connectivity index is 1.38. The van der Waals surface area contributed by atoms with Gasteiger partial charge in [0.2, 0.25) is 5.91 Å². The van der Waals surface area contributed by atoms with Gasteiger partial charge in [0.15, 0.2) is 5.78 Å². The van der Waals surface area contributed by atoms with Crippen LogP contribution in [0.3, 0.4) is 0 Å². The Morgan fingerprint density at radius 2 is 1.94 bits per heavy atom. The van der Waals surface area contributed by atoms with E-state index in [2.05, 4.69) is 10.3 Å². The van der Waals surface area contributed by atoms with Gasteiger partial charge in [-0.15, -0.1) is 0 Å². The summed E-state index contributed by atoms with van der Waals surface area (Å²) >= 11 is 0. The number of nitrogens with zero attached hydrogens (tertiary/aromatic N) is 2. The number of aromatic nitrogens is 1. The van der Waals surface area contributed by atoms with E-state index in [9.17, 15) is 31.5 Å². The van der Waals surface area contributed by atoms with E-state index in [1.807, 2.05) is 4.90 Å². The minimum absolute atomic E-state index is 0.0731. The monoisotopic (exact) mass is 483 g/mol. The van der Waals surface area contributed by atoms with Gasteiger partial charge in [-0.3, -0.25) is 14.5 Å². The first-order valence-electron chi connectivity index (χ1n) is 10.7. The predicted octanol–water partition coefficient (Wildman–Crippen LogP) is 4.61. The molecule has 34 heavy (non-hydrogen) atoms. The third-order valence-electron chi connectivity index (χ3n) is 6.38. The number of hydrogen-bond acceptors (Lipinski definition) is 5. The van der Waals surface area contributed by atoms with Crippen molar-refractivity contribution in [1.82, 2.24) is 9.88 Å². The highest BCUT2D eigenvalue weighted by Crippen LogP contribution is 2.46. The fourth-order valence-corrected chi connectivity index (χ4v) is 4.54. The molecule has 6 nitrogen and oxygen atoms in total. The molecule has 1 aromatic carbocycles. The van der Waals surface area contributed by atoms with Crippen LogP contribution in [0.1, 0.15) is 53.4 Å². The number of pyridine rings is 1. The molecule has 3 heterocycles. The zero-order valence-corrected chi connectivity index (χ0v) is 18.2. The second-order valence-electron chi connectivity index (χ2n) is 8.45. The largest absolute Gasteiger partial charge is 0.491 e. The maximum atomic E-state index is 13.2. The number of piperidine rings is 1. The van der Waals surface area contributed by atoms with Crippen LogP contribution in [-0.2, 0) is 16.4 Å². The van der Waals surface area contributed by atoms with Crippen molar-refractivity contribution in [3.05, 3.63) is 52.8 Å². The fourth-order valence-electron chi connectivity index (χ4n) is 4.54. The number of alkyl halides is 5. The van der Waals surface area contributed by atoms with Gasteiger partial charge >= 0.3 is 6.18 Å². The lowest BCUT2D eigenvalue weighted by Crippen LogP contribution is -2.47. The quantitative estimate of drug-likeness (QED) is 0.480. The van der Waals surface area contributed by atoms with E-state index in [1.54, 1.807) is 0 Å². The number of ketones is 1. The summed E-state index contributed by atoms with van der Waals surface area (Å²) in [6.07, 6.45) is -5.45. The number of likely N-dealkylation sites (tertiary alicyclic amines) is 1. The summed E-state index contributed by atoms with van der Waals surface area (Å²) in [6, 6.07) is 4.96. The minimum atomic E-state index is -4.74. The van der Waals surface area contributed by atoms with Crippen molar-refractivity contribution in [3.63, 3.8) is 0 Å². The number of ether oxygens (including phenoxy) is 1. The number of carbonyl (C=O) groups excluding carboxylic acids is 2. The van der Waals surface area contributed by atoms with Crippen LogP contribution in [-0.4, -0.2) is 47.8 Å². The van der Waals surface area contributed by atoms with Crippen LogP contribution in [0.25, 0.3) is 0 Å². The lowest BCUT2D eigenvalue weighted by molar-refractivity contribution is -0.138. The zero-order valence-electron chi connectivity index (χ0n) is 18.2. The molecule has 1 spiro atoms. The van der Waals surface area contributed by atoms with Gasteiger partial charge in [0.1, 0.15) is 18.1 Å². The normalized spacial score (nSPS) is 17.7. The number of carbonyl (C=O) groups is 2. The Bertz CT molecular complexity index is 1110. The van der Waals surface area contributed by atoms with E-state index in [4.69, 9.17) is 4.74 Å². The van der Waals surface area contributed by atoms with Crippen molar-refractivity contribution in [2.45, 2.75) is 37.8 Å². The summed E-state index contributed by atoms with van der Waals surface area (Å²) in [4.78, 5) is 29.7. The summed E-state index contributed by atoms with van der Waals surface area (Å²) in [6.45, 7) is 2.45. The maximum Gasteiger partial charge on any atom is 0.418 e. The fraction of sp³-hybridized carbons (Fsp3) is 0.435. The standard InChI is InChI=1S/C23H22F5N3O3/c1-13(32)19-17(23(26,27)28)11-15(12-29-19)34-9-8-31-6-4-22(5-7-31)16-10-14(20(24)25)2-3-18(16)30-21(22)33/h2-3,10-12,20H,4-9H2,1H3,(H,30,33). The Morgan fingerprint density at radius 1 is 1.24 bits per heavy atom. The predicted molar refractivity (Wildman–Crippen MR) is 112 cm³/mol. The summed E-state index contributed by atoms with van der Waals surface area (Å²) in [5.74, 6) is -1.10. The van der Waals surface area contributed by atoms with Crippen LogP contribution in [0.4, 0.5) is 27.6 Å². The van der Waals surface area contributed by atoms with E-state index in [0.29, 0.717) is 43.7 Å². The Labute approximate surface area is 192 Å². The number of halogens is 5. The Kier molecular flexibility index (Phi) is 6.32. The van der Waals surface area contributed by atoms with Crippen LogP contribution in [0.15, 0.2) is 30.5 Å². The second kappa shape index (κ2) is 8.94. The molecular weight excluding hydrogens is 461 g/mol. The van der Waals surface area contributed by atoms with E-state index in [-0.39, 0.29) is 23.8 Å². The number of amides is 1. The van der Waals surface area contributed by atoms with Crippen molar-refractivity contribution in [3.8, 4) is 5.75 Å². The van der Waals surface area contributed by atoms with Gasteiger partial charge in [0.05, 0.1) is 17.2 Å². The highest BCUT2D eigenvalue weighted by atomic mass is 19.4. The van der Waals surface area contributed by atoms with Gasteiger partial charge in [0, 0.05) is 24.7 Å². The molecule has 0 aliphatic carbocycles. The molecule has 0 unspecified atom stereocenters. The Hall–Kier alpha value is -3.08. The molecule has 1 saturated heterocycles. The van der Waals surface area contributed by atoms with E-state index >= 15 is 0 Å². The zero-order chi connectivity index (χ0) is 24.7. The molecule has 2 aliphatic heterocycles. The topological polar surface area (TPSA) is 71.5 Å². The smallest absolute Gasteiger partial charge is 0.418 e. The number of nitrogens with one attached hydrogen (secondary N) is 1. The molecule has 4 rings (SSSR count). The molecule has 1 amide bonds. The highest BCUT2D eigenvalue weighted by molar-refractivity contribution is 6.06. The van der Waals surface area contributed by atoms with Gasteiger partial charge < -0.3 is 10.1 Å². The third-order valence-corrected chi connectivity index (χ3v) is 6.38. The van der Waals surface area contributed by atoms with E-state index < -0.39 is 35.1 Å². The SMILES string of the molecule is CC(=O)c1ncc(OCCN2CCC3(CC2)C(=O)Nc2ccc(C(F)F)cc23)cc1C(F)(F)F. The number of anilines is 1. The lowest BCUT2D eigenvalue weighted by Gasteiger charge is -2.38. The van der Waals surface area contributed by atoms with E-state index in [1.165, 1.54) is 18.2 Å². The number of Topliss-reactive ketones (excluding diaryl/α,β-unsaturated/α-hetero) is 1. The average Bonchev–Trinajstić information content (AvgIpc) is 3.04. The first-order valence-corrected chi connectivity index (χ1v) is 10.7. The van der Waals surface area contributed by atoms with Gasteiger partial charge in [-0.1, -0.05) is 6.07 Å². The molecular formula is C23H22F5N3O3.